The van der Waals surface area contributed by atoms with Gasteiger partial charge in [0.2, 0.25) is 5.60 Å². The maximum Gasteiger partial charge on any atom is 0.509 e. The van der Waals surface area contributed by atoms with Gasteiger partial charge in [-0.05, 0) is 88.9 Å². The summed E-state index contributed by atoms with van der Waals surface area (Å²) >= 11 is 0. The van der Waals surface area contributed by atoms with Gasteiger partial charge in [0.05, 0.1) is 12.9 Å². The van der Waals surface area contributed by atoms with Crippen LogP contribution < -0.4 is 5.73 Å². The first kappa shape index (κ1) is 29.4. The molecule has 232 valence electrons. The van der Waals surface area contributed by atoms with Crippen LogP contribution in [0.2, 0.25) is 0 Å². The summed E-state index contributed by atoms with van der Waals surface area (Å²) in [6, 6.07) is 0. The molecule has 2 N–H and O–H groups in total. The van der Waals surface area contributed by atoms with Gasteiger partial charge in [-0.1, -0.05) is 5.92 Å². The number of methoxy groups -OCH3 is 1. The van der Waals surface area contributed by atoms with Gasteiger partial charge in [-0.25, -0.2) is 14.6 Å². The van der Waals surface area contributed by atoms with Crippen LogP contribution in [0.3, 0.4) is 0 Å². The second-order valence-electron chi connectivity index (χ2n) is 12.6. The molecule has 0 spiro atoms. The number of ether oxygens (including phenoxy) is 5. The summed E-state index contributed by atoms with van der Waals surface area (Å²) in [6.07, 6.45) is 14.0. The maximum absolute atomic E-state index is 14.1. The summed E-state index contributed by atoms with van der Waals surface area (Å²) in [5.74, 6) is 3.74. The Hall–Kier alpha value is -3.66. The molecule has 0 amide bonds. The molecule has 2 atom stereocenters. The van der Waals surface area contributed by atoms with Gasteiger partial charge in [0.1, 0.15) is 23.3 Å². The predicted octanol–water partition coefficient (Wildman–Crippen LogP) is 4.69. The molecule has 13 heteroatoms. The molecule has 4 bridgehead atoms. The van der Waals surface area contributed by atoms with E-state index < -0.39 is 47.9 Å². The van der Waals surface area contributed by atoms with Gasteiger partial charge in [0.25, 0.3) is 0 Å². The Morgan fingerprint density at radius 2 is 1.60 bits per heavy atom. The largest absolute Gasteiger partial charge is 0.509 e. The van der Waals surface area contributed by atoms with Crippen molar-refractivity contribution in [2.75, 3.05) is 19.5 Å². The number of terminal acetylenes is 1. The van der Waals surface area contributed by atoms with Crippen LogP contribution in [0.4, 0.5) is 19.8 Å². The van der Waals surface area contributed by atoms with Gasteiger partial charge in [-0.15, -0.1) is 6.42 Å². The van der Waals surface area contributed by atoms with E-state index >= 15 is 0 Å². The zero-order valence-electron chi connectivity index (χ0n) is 24.4. The molecule has 2 heterocycles. The molecule has 2 aromatic rings. The number of anilines is 1. The number of carbonyl (C=O) groups excluding carboxylic acids is 2. The van der Waals surface area contributed by atoms with Crippen LogP contribution in [0.5, 0.6) is 0 Å². The maximum atomic E-state index is 14.1. The molecule has 2 aromatic heterocycles. The quantitative estimate of drug-likeness (QED) is 0.243. The monoisotopic (exact) mass is 599 g/mol. The van der Waals surface area contributed by atoms with Crippen molar-refractivity contribution in [1.29, 1.82) is 0 Å². The molecule has 0 aromatic carbocycles. The molecule has 12 nitrogen and oxygen atoms in total. The molecule has 6 aliphatic carbocycles. The number of fused-ring (bicyclic) bond motifs is 7. The van der Waals surface area contributed by atoms with Crippen molar-refractivity contribution in [2.45, 2.75) is 107 Å². The fourth-order valence-electron chi connectivity index (χ4n) is 7.42. The van der Waals surface area contributed by atoms with Crippen LogP contribution in [0, 0.1) is 30.3 Å². The van der Waals surface area contributed by atoms with Crippen molar-refractivity contribution < 1.29 is 37.7 Å². The molecule has 6 fully saturated rings. The van der Waals surface area contributed by atoms with E-state index in [1.54, 1.807) is 0 Å². The van der Waals surface area contributed by atoms with Crippen molar-refractivity contribution in [2.24, 2.45) is 11.8 Å². The normalized spacial score (nSPS) is 29.8. The fraction of sp³-hybridized carbons (Fsp3) is 0.700. The van der Waals surface area contributed by atoms with E-state index in [1.807, 2.05) is 0 Å². The number of hydrogen-bond acceptors (Lipinski definition) is 11. The molecule has 6 saturated carbocycles. The third-order valence-corrected chi connectivity index (χ3v) is 10.2. The highest BCUT2D eigenvalue weighted by molar-refractivity contribution is 5.81. The molecule has 0 saturated heterocycles. The van der Waals surface area contributed by atoms with Gasteiger partial charge in [-0.2, -0.15) is 14.4 Å². The predicted molar refractivity (Wildman–Crippen MR) is 150 cm³/mol. The molecule has 6 aliphatic rings. The Morgan fingerprint density at radius 1 is 1.05 bits per heavy atom. The lowest BCUT2D eigenvalue weighted by Gasteiger charge is -2.45. The van der Waals surface area contributed by atoms with Gasteiger partial charge in [0.15, 0.2) is 17.6 Å². The molecule has 8 rings (SSSR count). The van der Waals surface area contributed by atoms with E-state index in [9.17, 15) is 14.0 Å². The van der Waals surface area contributed by atoms with Crippen molar-refractivity contribution in [3.8, 4) is 12.3 Å². The van der Waals surface area contributed by atoms with E-state index in [4.69, 9.17) is 35.8 Å². The molecule has 0 radical (unpaired) electrons. The van der Waals surface area contributed by atoms with Crippen LogP contribution >= 0.6 is 0 Å². The zero-order chi connectivity index (χ0) is 30.2. The van der Waals surface area contributed by atoms with Crippen LogP contribution in [0.15, 0.2) is 6.33 Å². The number of imidazole rings is 1. The Labute approximate surface area is 249 Å². The van der Waals surface area contributed by atoms with E-state index in [0.29, 0.717) is 11.8 Å². The van der Waals surface area contributed by atoms with Crippen LogP contribution in [0.25, 0.3) is 11.2 Å². The summed E-state index contributed by atoms with van der Waals surface area (Å²) in [7, 11) is 1.32. The molecule has 0 aliphatic heterocycles. The summed E-state index contributed by atoms with van der Waals surface area (Å²) < 4.78 is 44.5. The summed E-state index contributed by atoms with van der Waals surface area (Å²) in [6.45, 7) is -0.682. The average Bonchev–Trinajstić information content (AvgIpc) is 3.41. The minimum atomic E-state index is -1.77. The van der Waals surface area contributed by atoms with Gasteiger partial charge in [-0.3, -0.25) is 0 Å². The first-order valence-electron chi connectivity index (χ1n) is 15.1. The second kappa shape index (κ2) is 11.4. The Balaban J connectivity index is 1.23. The van der Waals surface area contributed by atoms with E-state index in [2.05, 4.69) is 20.9 Å². The summed E-state index contributed by atoms with van der Waals surface area (Å²) in [5.41, 5.74) is 3.17. The van der Waals surface area contributed by atoms with Crippen molar-refractivity contribution >= 4 is 29.3 Å². The van der Waals surface area contributed by atoms with Gasteiger partial charge < -0.3 is 34.0 Å². The third kappa shape index (κ3) is 5.81. The standard InChI is InChI=1S/C30H38FN5O7/c1-3-30(39-2,17-40-26(37)42-28-10-4-19(5-11-28)6-12-28)21(16-36-18-33-22-23(32)34-25(31)35-24(22)36)41-27(38)43-29-13-7-20(8-14-29)9-15-29/h1,18-21H,4-17H2,2H3,(H2,32,34,35)/t19?,20?,21-,28?,29?,30?/m0/s1. The highest BCUT2D eigenvalue weighted by Gasteiger charge is 2.48. The fourth-order valence-corrected chi connectivity index (χ4v) is 7.42. The summed E-state index contributed by atoms with van der Waals surface area (Å²) in [4.78, 5) is 37.8. The van der Waals surface area contributed by atoms with E-state index in [1.165, 1.54) is 18.0 Å². The number of rotatable bonds is 9. The van der Waals surface area contributed by atoms with E-state index in [-0.39, 0.29) is 23.5 Å². The lowest BCUT2D eigenvalue weighted by molar-refractivity contribution is -0.146. The Morgan fingerprint density at radius 3 is 2.14 bits per heavy atom. The topological polar surface area (TPSA) is 150 Å². The van der Waals surface area contributed by atoms with Crippen LogP contribution in [0.1, 0.15) is 77.0 Å². The smallest absolute Gasteiger partial charge is 0.430 e. The number of nitrogens with zero attached hydrogens (tertiary/aromatic N) is 4. The van der Waals surface area contributed by atoms with Crippen molar-refractivity contribution in [1.82, 2.24) is 19.5 Å². The number of hydrogen-bond donors (Lipinski definition) is 1. The van der Waals surface area contributed by atoms with Crippen LogP contribution in [-0.2, 0) is 30.2 Å². The highest BCUT2D eigenvalue weighted by Crippen LogP contribution is 2.47. The van der Waals surface area contributed by atoms with Gasteiger partial charge in [0, 0.05) is 7.11 Å². The molecule has 43 heavy (non-hydrogen) atoms. The summed E-state index contributed by atoms with van der Waals surface area (Å²) in [5, 5.41) is 0. The Bertz CT molecular complexity index is 1380. The first-order valence-corrected chi connectivity index (χ1v) is 15.1. The number of nitrogens with two attached hydrogens (primary N) is 1. The number of halogens is 1. The zero-order valence-corrected chi connectivity index (χ0v) is 24.4. The van der Waals surface area contributed by atoms with Crippen molar-refractivity contribution in [3.63, 3.8) is 0 Å². The minimum Gasteiger partial charge on any atom is -0.430 e. The molecular weight excluding hydrogens is 561 g/mol. The number of aromatic nitrogens is 4. The molecule has 1 unspecified atom stereocenters. The Kier molecular flexibility index (Phi) is 7.83. The molecular formula is C30H38FN5O7. The van der Waals surface area contributed by atoms with E-state index in [0.717, 1.165) is 77.0 Å². The van der Waals surface area contributed by atoms with Crippen molar-refractivity contribution in [3.05, 3.63) is 12.4 Å². The second-order valence-corrected chi connectivity index (χ2v) is 12.6. The SMILES string of the molecule is C#CC(COC(=O)OC12CCC(CC1)CC2)(OC)[C@H](Cn1cnc2c(N)nc(F)nc21)OC(=O)OC12CCC(CC1)CC2. The first-order chi connectivity index (χ1) is 20.7. The lowest BCUT2D eigenvalue weighted by Crippen LogP contribution is -2.53. The number of nitrogen functional groups attached to an aromatic ring is 1. The van der Waals surface area contributed by atoms with Crippen LogP contribution in [-0.4, -0.2) is 68.5 Å². The lowest BCUT2D eigenvalue weighted by atomic mass is 9.68. The average molecular weight is 600 g/mol. The highest BCUT2D eigenvalue weighted by atomic mass is 19.1. The van der Waals surface area contributed by atoms with Gasteiger partial charge >= 0.3 is 18.4 Å². The number of carbonyl (C=O) groups is 2. The third-order valence-electron chi connectivity index (χ3n) is 10.2. The minimum absolute atomic E-state index is 0.0607.